The molecule has 5 heteroatoms. The first-order chi connectivity index (χ1) is 11.5. The number of benzene rings is 2. The Morgan fingerprint density at radius 3 is 2.58 bits per heavy atom. The number of nitrogens with zero attached hydrogens (tertiary/aromatic N) is 2. The molecule has 0 saturated carbocycles. The summed E-state index contributed by atoms with van der Waals surface area (Å²) < 4.78 is 14.8. The van der Waals surface area contributed by atoms with Crippen LogP contribution in [0.1, 0.15) is 16.7 Å². The second-order valence-electron chi connectivity index (χ2n) is 5.67. The molecule has 1 heterocycles. The maximum absolute atomic E-state index is 13.2. The van der Waals surface area contributed by atoms with E-state index in [1.807, 2.05) is 32.0 Å². The fourth-order valence-corrected chi connectivity index (χ4v) is 3.40. The summed E-state index contributed by atoms with van der Waals surface area (Å²) in [6.45, 7) is 4.00. The molecular formula is C19H17FN2OS. The number of halogens is 1. The lowest BCUT2D eigenvalue weighted by atomic mass is 10.1. The average Bonchev–Trinajstić information content (AvgIpc) is 2.53. The van der Waals surface area contributed by atoms with E-state index >= 15 is 0 Å². The number of hydrogen-bond donors (Lipinski definition) is 0. The lowest BCUT2D eigenvalue weighted by molar-refractivity contribution is 0.626. The molecule has 0 fully saturated rings. The highest BCUT2D eigenvalue weighted by Crippen LogP contribution is 2.19. The second-order valence-corrected chi connectivity index (χ2v) is 6.64. The number of aromatic nitrogens is 2. The van der Waals surface area contributed by atoms with Crippen LogP contribution in [0.4, 0.5) is 4.39 Å². The molecule has 0 amide bonds. The van der Waals surface area contributed by atoms with Crippen LogP contribution >= 0.6 is 11.8 Å². The molecule has 0 aliphatic heterocycles. The Kier molecular flexibility index (Phi) is 4.81. The molecule has 0 spiro atoms. The van der Waals surface area contributed by atoms with Gasteiger partial charge < -0.3 is 0 Å². The van der Waals surface area contributed by atoms with Crippen molar-refractivity contribution in [3.05, 3.63) is 87.7 Å². The molecule has 2 aromatic carbocycles. The van der Waals surface area contributed by atoms with Crippen molar-refractivity contribution >= 4 is 11.8 Å². The zero-order valence-electron chi connectivity index (χ0n) is 13.5. The van der Waals surface area contributed by atoms with E-state index in [-0.39, 0.29) is 11.4 Å². The van der Waals surface area contributed by atoms with Gasteiger partial charge in [-0.3, -0.25) is 9.36 Å². The molecule has 1 aromatic heterocycles. The number of aryl methyl sites for hydroxylation is 2. The molecule has 0 N–H and O–H groups in total. The molecule has 0 bridgehead atoms. The van der Waals surface area contributed by atoms with E-state index in [1.54, 1.807) is 23.0 Å². The van der Waals surface area contributed by atoms with Gasteiger partial charge in [-0.05, 0) is 54.8 Å². The first-order valence-electron chi connectivity index (χ1n) is 7.56. The fraction of sp³-hybridized carbons (Fsp3) is 0.158. The minimum Gasteiger partial charge on any atom is -0.280 e. The van der Waals surface area contributed by atoms with Crippen molar-refractivity contribution in [1.29, 1.82) is 0 Å². The summed E-state index contributed by atoms with van der Waals surface area (Å²) in [5.41, 5.74) is 3.68. The van der Waals surface area contributed by atoms with Crippen molar-refractivity contribution in [3.8, 4) is 5.69 Å². The summed E-state index contributed by atoms with van der Waals surface area (Å²) in [6.07, 6.45) is 3.29. The van der Waals surface area contributed by atoms with Crippen LogP contribution in [0.3, 0.4) is 0 Å². The summed E-state index contributed by atoms with van der Waals surface area (Å²) in [4.78, 5) is 16.9. The minimum absolute atomic E-state index is 0.163. The lowest BCUT2D eigenvalue weighted by Gasteiger charge is -2.09. The summed E-state index contributed by atoms with van der Waals surface area (Å²) in [7, 11) is 0. The maximum Gasteiger partial charge on any atom is 0.287 e. The summed E-state index contributed by atoms with van der Waals surface area (Å²) in [5, 5.41) is 0.404. The van der Waals surface area contributed by atoms with Crippen LogP contribution in [-0.2, 0) is 5.75 Å². The zero-order chi connectivity index (χ0) is 17.1. The molecule has 0 aliphatic carbocycles. The summed E-state index contributed by atoms with van der Waals surface area (Å²) in [6, 6.07) is 12.4. The van der Waals surface area contributed by atoms with Crippen LogP contribution in [-0.4, -0.2) is 9.55 Å². The first kappa shape index (κ1) is 16.5. The van der Waals surface area contributed by atoms with Gasteiger partial charge in [0.15, 0.2) is 5.03 Å². The third kappa shape index (κ3) is 3.74. The molecule has 122 valence electrons. The van der Waals surface area contributed by atoms with E-state index in [0.717, 1.165) is 22.4 Å². The second kappa shape index (κ2) is 7.01. The normalized spacial score (nSPS) is 10.8. The van der Waals surface area contributed by atoms with Gasteiger partial charge in [-0.2, -0.15) is 0 Å². The van der Waals surface area contributed by atoms with E-state index in [9.17, 15) is 9.18 Å². The molecule has 0 aliphatic rings. The molecule has 3 aromatic rings. The molecule has 3 nitrogen and oxygen atoms in total. The van der Waals surface area contributed by atoms with Gasteiger partial charge in [0.05, 0.1) is 0 Å². The third-order valence-corrected chi connectivity index (χ3v) is 4.59. The molecule has 24 heavy (non-hydrogen) atoms. The van der Waals surface area contributed by atoms with E-state index in [0.29, 0.717) is 10.8 Å². The Morgan fingerprint density at radius 2 is 1.88 bits per heavy atom. The minimum atomic E-state index is -0.276. The van der Waals surface area contributed by atoms with Crippen LogP contribution in [0.25, 0.3) is 5.69 Å². The predicted molar refractivity (Wildman–Crippen MR) is 95.3 cm³/mol. The quantitative estimate of drug-likeness (QED) is 0.665. The van der Waals surface area contributed by atoms with Crippen LogP contribution in [0.5, 0.6) is 0 Å². The third-order valence-electron chi connectivity index (χ3n) is 3.56. The van der Waals surface area contributed by atoms with E-state index in [4.69, 9.17) is 0 Å². The standard InChI is InChI=1S/C19H17FN2OS/c1-13-8-14(2)10-17(9-13)22-7-6-21-18(19(22)23)24-12-15-4-3-5-16(20)11-15/h3-11H,12H2,1-2H3. The molecule has 0 unspecified atom stereocenters. The van der Waals surface area contributed by atoms with Crippen LogP contribution < -0.4 is 5.56 Å². The number of hydrogen-bond acceptors (Lipinski definition) is 3. The molecule has 3 rings (SSSR count). The topological polar surface area (TPSA) is 34.9 Å². The van der Waals surface area contributed by atoms with E-state index < -0.39 is 0 Å². The molecule has 0 saturated heterocycles. The van der Waals surface area contributed by atoms with Gasteiger partial charge in [0.1, 0.15) is 5.82 Å². The Labute approximate surface area is 144 Å². The van der Waals surface area contributed by atoms with E-state index in [1.165, 1.54) is 23.9 Å². The predicted octanol–water partition coefficient (Wildman–Crippen LogP) is 4.28. The molecular weight excluding hydrogens is 323 g/mol. The van der Waals surface area contributed by atoms with Crippen molar-refractivity contribution in [1.82, 2.24) is 9.55 Å². The highest BCUT2D eigenvalue weighted by Gasteiger charge is 2.08. The number of thioether (sulfide) groups is 1. The Hall–Kier alpha value is -2.40. The fourth-order valence-electron chi connectivity index (χ4n) is 2.56. The summed E-state index contributed by atoms with van der Waals surface area (Å²) in [5.74, 6) is 0.221. The molecule has 0 atom stereocenters. The average molecular weight is 340 g/mol. The maximum atomic E-state index is 13.2. The smallest absolute Gasteiger partial charge is 0.280 e. The Bertz CT molecular complexity index is 916. The van der Waals surface area contributed by atoms with Crippen LogP contribution in [0, 0.1) is 19.7 Å². The van der Waals surface area contributed by atoms with E-state index in [2.05, 4.69) is 11.1 Å². The van der Waals surface area contributed by atoms with Crippen LogP contribution in [0.2, 0.25) is 0 Å². The van der Waals surface area contributed by atoms with Crippen molar-refractivity contribution in [2.24, 2.45) is 0 Å². The van der Waals surface area contributed by atoms with Crippen molar-refractivity contribution in [2.75, 3.05) is 0 Å². The van der Waals surface area contributed by atoms with Gasteiger partial charge in [0.25, 0.3) is 5.56 Å². The zero-order valence-corrected chi connectivity index (χ0v) is 14.3. The highest BCUT2D eigenvalue weighted by atomic mass is 32.2. The highest BCUT2D eigenvalue weighted by molar-refractivity contribution is 7.98. The van der Waals surface area contributed by atoms with Gasteiger partial charge in [0, 0.05) is 23.8 Å². The first-order valence-corrected chi connectivity index (χ1v) is 8.55. The van der Waals surface area contributed by atoms with Crippen molar-refractivity contribution < 1.29 is 4.39 Å². The van der Waals surface area contributed by atoms with Gasteiger partial charge in [-0.1, -0.05) is 30.0 Å². The Balaban J connectivity index is 1.89. The lowest BCUT2D eigenvalue weighted by Crippen LogP contribution is -2.20. The van der Waals surface area contributed by atoms with Gasteiger partial charge in [-0.25, -0.2) is 9.37 Å². The largest absolute Gasteiger partial charge is 0.287 e. The number of rotatable bonds is 4. The summed E-state index contributed by atoms with van der Waals surface area (Å²) >= 11 is 1.31. The monoisotopic (exact) mass is 340 g/mol. The van der Waals surface area contributed by atoms with Gasteiger partial charge in [0.2, 0.25) is 0 Å². The van der Waals surface area contributed by atoms with Crippen molar-refractivity contribution in [2.45, 2.75) is 24.6 Å². The SMILES string of the molecule is Cc1cc(C)cc(-n2ccnc(SCc3cccc(F)c3)c2=O)c1. The Morgan fingerprint density at radius 1 is 1.12 bits per heavy atom. The van der Waals surface area contributed by atoms with Crippen LogP contribution in [0.15, 0.2) is 64.7 Å². The molecule has 0 radical (unpaired) electrons. The van der Waals surface area contributed by atoms with Gasteiger partial charge in [-0.15, -0.1) is 0 Å². The van der Waals surface area contributed by atoms with Gasteiger partial charge >= 0.3 is 0 Å². The van der Waals surface area contributed by atoms with Crippen molar-refractivity contribution in [3.63, 3.8) is 0 Å².